The van der Waals surface area contributed by atoms with Crippen LogP contribution in [0.5, 0.6) is 11.5 Å². The fraction of sp³-hybridized carbons (Fsp3) is 0.263. The predicted molar refractivity (Wildman–Crippen MR) is 108 cm³/mol. The van der Waals surface area contributed by atoms with E-state index in [1.54, 1.807) is 13.0 Å². The van der Waals surface area contributed by atoms with Crippen LogP contribution >= 0.6 is 0 Å². The van der Waals surface area contributed by atoms with Gasteiger partial charge in [0.25, 0.3) is 5.91 Å². The van der Waals surface area contributed by atoms with Gasteiger partial charge < -0.3 is 21.1 Å². The van der Waals surface area contributed by atoms with Crippen LogP contribution in [0.4, 0.5) is 5.69 Å². The average Bonchev–Trinajstić information content (AvgIpc) is 2.68. The van der Waals surface area contributed by atoms with Gasteiger partial charge in [-0.3, -0.25) is 4.79 Å². The van der Waals surface area contributed by atoms with E-state index in [0.29, 0.717) is 16.9 Å². The van der Waals surface area contributed by atoms with E-state index in [1.807, 2.05) is 32.0 Å². The molecule has 0 aliphatic carbocycles. The van der Waals surface area contributed by atoms with E-state index in [1.165, 1.54) is 12.1 Å². The second-order valence-corrected chi connectivity index (χ2v) is 8.93. The van der Waals surface area contributed by atoms with Gasteiger partial charge in [0.2, 0.25) is 0 Å². The van der Waals surface area contributed by atoms with Crippen LogP contribution in [0.2, 0.25) is 0 Å². The minimum Gasteiger partial charge on any atom is -0.455 e. The Hall–Kier alpha value is -3.07. The van der Waals surface area contributed by atoms with E-state index in [0.717, 1.165) is 11.3 Å². The lowest BCUT2D eigenvalue weighted by Gasteiger charge is -2.18. The maximum absolute atomic E-state index is 13.1. The number of aliphatic imine (C=N–C) groups is 1. The summed E-state index contributed by atoms with van der Waals surface area (Å²) in [6.45, 7) is 3.55. The van der Waals surface area contributed by atoms with Crippen LogP contribution in [0.1, 0.15) is 27.0 Å². The Kier molecular flexibility index (Phi) is 4.80. The lowest BCUT2D eigenvalue weighted by atomic mass is 10.1. The minimum atomic E-state index is -3.76. The molecule has 0 unspecified atom stereocenters. The van der Waals surface area contributed by atoms with Gasteiger partial charge in [-0.1, -0.05) is 0 Å². The number of hydrogen-bond donors (Lipinski definition) is 2. The maximum atomic E-state index is 13.1. The third-order valence-corrected chi connectivity index (χ3v) is 6.12. The predicted octanol–water partition coefficient (Wildman–Crippen LogP) is 1.86. The molecular weight excluding hydrogens is 380 g/mol. The summed E-state index contributed by atoms with van der Waals surface area (Å²) in [4.78, 5) is 17.5. The molecule has 1 amide bonds. The molecule has 1 aliphatic rings. The molecule has 0 atom stereocenters. The number of rotatable bonds is 2. The lowest BCUT2D eigenvalue weighted by Crippen LogP contribution is -2.24. The van der Waals surface area contributed by atoms with Crippen LogP contribution in [0.15, 0.2) is 34.2 Å². The zero-order valence-corrected chi connectivity index (χ0v) is 16.9. The van der Waals surface area contributed by atoms with E-state index < -0.39 is 21.7 Å². The van der Waals surface area contributed by atoms with Crippen LogP contribution in [0.3, 0.4) is 0 Å². The van der Waals surface area contributed by atoms with Crippen molar-refractivity contribution in [3.8, 4) is 11.5 Å². The van der Waals surface area contributed by atoms with Crippen molar-refractivity contribution in [3.63, 3.8) is 0 Å². The summed E-state index contributed by atoms with van der Waals surface area (Å²) >= 11 is 0. The molecule has 0 fully saturated rings. The first-order valence-electron chi connectivity index (χ1n) is 8.49. The minimum absolute atomic E-state index is 0.0522. The number of amides is 1. The third-order valence-electron chi connectivity index (χ3n) is 4.46. The van der Waals surface area contributed by atoms with E-state index in [-0.39, 0.29) is 22.0 Å². The number of nitrogens with zero attached hydrogens (tertiary/aromatic N) is 2. The van der Waals surface area contributed by atoms with E-state index in [4.69, 9.17) is 16.2 Å². The molecular formula is C19H22N4O4S. The Bertz CT molecular complexity index is 1120. The molecule has 0 spiro atoms. The summed E-state index contributed by atoms with van der Waals surface area (Å²) < 4.78 is 32.3. The number of carbonyl (C=O) groups excluding carboxylic acids is 1. The van der Waals surface area contributed by atoms with Gasteiger partial charge in [0.15, 0.2) is 15.8 Å². The molecule has 4 N–H and O–H groups in total. The highest BCUT2D eigenvalue weighted by Crippen LogP contribution is 2.43. The SMILES string of the molecule is Cc1cc(N(C)C)cc2c1Oc1c(C)cc(C(=O)N=C(N)N)cc1S(=O)(=O)C2. The van der Waals surface area contributed by atoms with Crippen molar-refractivity contribution in [2.24, 2.45) is 16.5 Å². The number of nitrogens with two attached hydrogens (primary N) is 2. The molecule has 1 aliphatic heterocycles. The largest absolute Gasteiger partial charge is 0.455 e. The van der Waals surface area contributed by atoms with Crippen molar-refractivity contribution in [2.45, 2.75) is 24.5 Å². The number of aryl methyl sites for hydroxylation is 2. The molecule has 2 aromatic carbocycles. The highest BCUT2D eigenvalue weighted by Gasteiger charge is 2.30. The Labute approximate surface area is 163 Å². The van der Waals surface area contributed by atoms with Crippen LogP contribution in [-0.4, -0.2) is 34.4 Å². The van der Waals surface area contributed by atoms with Crippen molar-refractivity contribution in [3.05, 3.63) is 46.5 Å². The smallest absolute Gasteiger partial charge is 0.280 e. The quantitative estimate of drug-likeness (QED) is 0.579. The molecule has 1 heterocycles. The van der Waals surface area contributed by atoms with Crippen molar-refractivity contribution in [1.82, 2.24) is 0 Å². The first kappa shape index (κ1) is 19.7. The summed E-state index contributed by atoms with van der Waals surface area (Å²) in [5, 5.41) is 0. The number of fused-ring (bicyclic) bond motifs is 2. The third kappa shape index (κ3) is 3.53. The molecule has 28 heavy (non-hydrogen) atoms. The number of carbonyl (C=O) groups is 1. The highest BCUT2D eigenvalue weighted by atomic mass is 32.2. The Morgan fingerprint density at radius 3 is 2.32 bits per heavy atom. The van der Waals surface area contributed by atoms with Gasteiger partial charge in [0.05, 0.1) is 5.75 Å². The molecule has 0 bridgehead atoms. The van der Waals surface area contributed by atoms with Gasteiger partial charge in [0.1, 0.15) is 16.4 Å². The molecule has 3 rings (SSSR count). The molecule has 0 saturated carbocycles. The number of benzene rings is 2. The van der Waals surface area contributed by atoms with Crippen molar-refractivity contribution in [2.75, 3.05) is 19.0 Å². The highest BCUT2D eigenvalue weighted by molar-refractivity contribution is 7.90. The van der Waals surface area contributed by atoms with Crippen LogP contribution in [0, 0.1) is 13.8 Å². The summed E-state index contributed by atoms with van der Waals surface area (Å²) in [6, 6.07) is 6.51. The van der Waals surface area contributed by atoms with Crippen molar-refractivity contribution < 1.29 is 17.9 Å². The van der Waals surface area contributed by atoms with Gasteiger partial charge in [-0.15, -0.1) is 0 Å². The fourth-order valence-electron chi connectivity index (χ4n) is 3.13. The molecule has 0 radical (unpaired) electrons. The fourth-order valence-corrected chi connectivity index (χ4v) is 4.70. The van der Waals surface area contributed by atoms with Crippen molar-refractivity contribution >= 4 is 27.4 Å². The van der Waals surface area contributed by atoms with Crippen LogP contribution in [0.25, 0.3) is 0 Å². The molecule has 148 valence electrons. The van der Waals surface area contributed by atoms with Gasteiger partial charge in [-0.05, 0) is 49.2 Å². The van der Waals surface area contributed by atoms with Crippen LogP contribution in [-0.2, 0) is 15.6 Å². The number of guanidine groups is 1. The standard InChI is InChI=1S/C19H22N4O4S/c1-10-5-12(18(24)22-19(20)21)8-15-17(10)27-16-11(2)6-14(23(3)4)7-13(16)9-28(15,25)26/h5-8H,9H2,1-4H3,(H4,20,21,22,24). The Balaban J connectivity index is 2.22. The topological polar surface area (TPSA) is 128 Å². The van der Waals surface area contributed by atoms with E-state index in [9.17, 15) is 13.2 Å². The summed E-state index contributed by atoms with van der Waals surface area (Å²) in [5.74, 6) is -0.623. The molecule has 9 heteroatoms. The van der Waals surface area contributed by atoms with Gasteiger partial charge in [-0.25, -0.2) is 8.42 Å². The summed E-state index contributed by atoms with van der Waals surface area (Å²) in [6.07, 6.45) is 0. The molecule has 0 aromatic heterocycles. The monoisotopic (exact) mass is 402 g/mol. The van der Waals surface area contributed by atoms with Crippen molar-refractivity contribution in [1.29, 1.82) is 0 Å². The van der Waals surface area contributed by atoms with Gasteiger partial charge in [0, 0.05) is 30.9 Å². The molecule has 0 saturated heterocycles. The van der Waals surface area contributed by atoms with Gasteiger partial charge in [-0.2, -0.15) is 4.99 Å². The number of anilines is 1. The first-order valence-corrected chi connectivity index (χ1v) is 10.1. The van der Waals surface area contributed by atoms with E-state index >= 15 is 0 Å². The van der Waals surface area contributed by atoms with Crippen LogP contribution < -0.4 is 21.1 Å². The zero-order valence-electron chi connectivity index (χ0n) is 16.1. The maximum Gasteiger partial charge on any atom is 0.280 e. The van der Waals surface area contributed by atoms with Gasteiger partial charge >= 0.3 is 0 Å². The molecule has 2 aromatic rings. The molecule has 8 nitrogen and oxygen atoms in total. The summed E-state index contributed by atoms with van der Waals surface area (Å²) in [7, 11) is 0.000396. The Morgan fingerprint density at radius 2 is 1.71 bits per heavy atom. The average molecular weight is 402 g/mol. The summed E-state index contributed by atoms with van der Waals surface area (Å²) in [5.41, 5.74) is 13.4. The lowest BCUT2D eigenvalue weighted by molar-refractivity contribution is 0.100. The second kappa shape index (κ2) is 6.83. The number of sulfone groups is 1. The number of ether oxygens (including phenoxy) is 1. The normalized spacial score (nSPS) is 14.1. The first-order chi connectivity index (χ1) is 13.0. The van der Waals surface area contributed by atoms with E-state index in [2.05, 4.69) is 4.99 Å². The zero-order chi connectivity index (χ0) is 20.8. The Morgan fingerprint density at radius 1 is 1.07 bits per heavy atom. The number of hydrogen-bond acceptors (Lipinski definition) is 5. The second-order valence-electron chi connectivity index (χ2n) is 6.97.